The van der Waals surface area contributed by atoms with Gasteiger partial charge in [-0.25, -0.2) is 0 Å². The number of halogens is 1. The van der Waals surface area contributed by atoms with Crippen LogP contribution in [0.1, 0.15) is 18.1 Å². The Morgan fingerprint density at radius 3 is 2.70 bits per heavy atom. The minimum atomic E-state index is -0.0208. The van der Waals surface area contributed by atoms with E-state index in [-0.39, 0.29) is 17.3 Å². The maximum Gasteiger partial charge on any atom is 0.329 e. The second-order valence-corrected chi connectivity index (χ2v) is 4.13. The van der Waals surface area contributed by atoms with Crippen LogP contribution in [-0.4, -0.2) is 21.6 Å². The van der Waals surface area contributed by atoms with E-state index in [0.29, 0.717) is 17.9 Å². The SMILES string of the molecule is CCOc1nc(Cl)nc(Oc2cc(C#N)ccc2C)n1. The molecule has 0 saturated carbocycles. The van der Waals surface area contributed by atoms with E-state index < -0.39 is 0 Å². The molecule has 0 aliphatic carbocycles. The predicted octanol–water partition coefficient (Wildman–Crippen LogP) is 2.90. The Bertz CT molecular complexity index is 670. The summed E-state index contributed by atoms with van der Waals surface area (Å²) in [4.78, 5) is 11.7. The van der Waals surface area contributed by atoms with Crippen LogP contribution in [-0.2, 0) is 0 Å². The van der Waals surface area contributed by atoms with E-state index >= 15 is 0 Å². The van der Waals surface area contributed by atoms with Gasteiger partial charge in [0, 0.05) is 0 Å². The van der Waals surface area contributed by atoms with E-state index in [1.807, 2.05) is 13.0 Å². The van der Waals surface area contributed by atoms with Crippen molar-refractivity contribution in [3.8, 4) is 23.8 Å². The lowest BCUT2D eigenvalue weighted by atomic mass is 10.1. The van der Waals surface area contributed by atoms with Gasteiger partial charge in [-0.2, -0.15) is 15.2 Å². The van der Waals surface area contributed by atoms with Gasteiger partial charge >= 0.3 is 12.0 Å². The van der Waals surface area contributed by atoms with Crippen molar-refractivity contribution < 1.29 is 9.47 Å². The van der Waals surface area contributed by atoms with Crippen LogP contribution in [0.4, 0.5) is 0 Å². The molecule has 0 saturated heterocycles. The van der Waals surface area contributed by atoms with Crippen molar-refractivity contribution in [2.24, 2.45) is 0 Å². The maximum atomic E-state index is 8.89. The van der Waals surface area contributed by atoms with Crippen molar-refractivity contribution >= 4 is 11.6 Å². The molecule has 2 aromatic rings. The zero-order chi connectivity index (χ0) is 14.5. The topological polar surface area (TPSA) is 80.9 Å². The molecule has 0 radical (unpaired) electrons. The molecular weight excluding hydrogens is 280 g/mol. The first-order valence-electron chi connectivity index (χ1n) is 5.85. The second-order valence-electron chi connectivity index (χ2n) is 3.80. The van der Waals surface area contributed by atoms with E-state index in [2.05, 4.69) is 15.0 Å². The van der Waals surface area contributed by atoms with Gasteiger partial charge < -0.3 is 9.47 Å². The molecule has 0 unspecified atom stereocenters. The van der Waals surface area contributed by atoms with Gasteiger partial charge in [0.1, 0.15) is 5.75 Å². The Morgan fingerprint density at radius 2 is 2.00 bits per heavy atom. The summed E-state index contributed by atoms with van der Waals surface area (Å²) < 4.78 is 10.7. The van der Waals surface area contributed by atoms with Crippen LogP contribution in [0.25, 0.3) is 0 Å². The first-order chi connectivity index (χ1) is 9.62. The van der Waals surface area contributed by atoms with Crippen LogP contribution in [0.3, 0.4) is 0 Å². The van der Waals surface area contributed by atoms with E-state index in [1.165, 1.54) is 0 Å². The number of aromatic nitrogens is 3. The van der Waals surface area contributed by atoms with Gasteiger partial charge in [-0.1, -0.05) is 6.07 Å². The van der Waals surface area contributed by atoms with Crippen molar-refractivity contribution in [1.29, 1.82) is 5.26 Å². The van der Waals surface area contributed by atoms with Crippen molar-refractivity contribution in [1.82, 2.24) is 15.0 Å². The number of hydrogen-bond acceptors (Lipinski definition) is 6. The molecule has 2 rings (SSSR count). The fourth-order valence-corrected chi connectivity index (χ4v) is 1.58. The molecule has 1 heterocycles. The minimum Gasteiger partial charge on any atom is -0.464 e. The summed E-state index contributed by atoms with van der Waals surface area (Å²) in [6.45, 7) is 4.06. The lowest BCUT2D eigenvalue weighted by Gasteiger charge is -2.08. The van der Waals surface area contributed by atoms with Crippen LogP contribution >= 0.6 is 11.6 Å². The smallest absolute Gasteiger partial charge is 0.329 e. The average Bonchev–Trinajstić information content (AvgIpc) is 2.41. The molecule has 6 nitrogen and oxygen atoms in total. The monoisotopic (exact) mass is 290 g/mol. The molecule has 0 amide bonds. The van der Waals surface area contributed by atoms with Gasteiger partial charge in [0.15, 0.2) is 0 Å². The van der Waals surface area contributed by atoms with Crippen LogP contribution in [0.15, 0.2) is 18.2 Å². The Hall–Kier alpha value is -2.39. The summed E-state index contributed by atoms with van der Waals surface area (Å²) in [6, 6.07) is 7.24. The lowest BCUT2D eigenvalue weighted by molar-refractivity contribution is 0.303. The molecule has 0 N–H and O–H groups in total. The lowest BCUT2D eigenvalue weighted by Crippen LogP contribution is -2.02. The van der Waals surface area contributed by atoms with E-state index in [4.69, 9.17) is 26.3 Å². The minimum absolute atomic E-state index is 0.0200. The van der Waals surface area contributed by atoms with Crippen molar-refractivity contribution in [2.45, 2.75) is 13.8 Å². The van der Waals surface area contributed by atoms with E-state index in [0.717, 1.165) is 5.56 Å². The molecule has 0 fully saturated rings. The molecule has 1 aromatic heterocycles. The molecule has 0 bridgehead atoms. The number of benzene rings is 1. The van der Waals surface area contributed by atoms with E-state index in [1.54, 1.807) is 25.1 Å². The molecule has 0 spiro atoms. The van der Waals surface area contributed by atoms with Gasteiger partial charge in [-0.3, -0.25) is 0 Å². The fraction of sp³-hybridized carbons (Fsp3) is 0.231. The zero-order valence-electron chi connectivity index (χ0n) is 10.9. The zero-order valence-corrected chi connectivity index (χ0v) is 11.7. The highest BCUT2D eigenvalue weighted by Crippen LogP contribution is 2.25. The summed E-state index contributed by atoms with van der Waals surface area (Å²) in [6.07, 6.45) is 0. The number of nitriles is 1. The van der Waals surface area contributed by atoms with Crippen molar-refractivity contribution in [3.05, 3.63) is 34.6 Å². The van der Waals surface area contributed by atoms with E-state index in [9.17, 15) is 0 Å². The standard InChI is InChI=1S/C13H11ClN4O2/c1-3-19-12-16-11(14)17-13(18-12)20-10-6-9(7-15)5-4-8(10)2/h4-6H,3H2,1-2H3. The number of nitrogens with zero attached hydrogens (tertiary/aromatic N) is 4. The number of hydrogen-bond donors (Lipinski definition) is 0. The number of rotatable bonds is 4. The molecular formula is C13H11ClN4O2. The number of aryl methyl sites for hydroxylation is 1. The number of ether oxygens (including phenoxy) is 2. The highest BCUT2D eigenvalue weighted by Gasteiger charge is 2.10. The van der Waals surface area contributed by atoms with Gasteiger partial charge in [0.25, 0.3) is 0 Å². The Kier molecular flexibility index (Phi) is 4.33. The van der Waals surface area contributed by atoms with Gasteiger partial charge in [0.2, 0.25) is 5.28 Å². The van der Waals surface area contributed by atoms with Crippen LogP contribution in [0.5, 0.6) is 17.8 Å². The van der Waals surface area contributed by atoms with Gasteiger partial charge in [0.05, 0.1) is 18.2 Å². The largest absolute Gasteiger partial charge is 0.464 e. The highest BCUT2D eigenvalue weighted by molar-refractivity contribution is 6.28. The van der Waals surface area contributed by atoms with Crippen molar-refractivity contribution in [3.63, 3.8) is 0 Å². The summed E-state index contributed by atoms with van der Waals surface area (Å²) >= 11 is 5.78. The van der Waals surface area contributed by atoms with Crippen LogP contribution < -0.4 is 9.47 Å². The first-order valence-corrected chi connectivity index (χ1v) is 6.23. The summed E-state index contributed by atoms with van der Waals surface area (Å²) in [5.41, 5.74) is 1.33. The summed E-state index contributed by atoms with van der Waals surface area (Å²) in [5.74, 6) is 0.480. The molecule has 1 aromatic carbocycles. The second kappa shape index (κ2) is 6.17. The normalized spacial score (nSPS) is 9.90. The first kappa shape index (κ1) is 14.0. The molecule has 7 heteroatoms. The van der Waals surface area contributed by atoms with Crippen molar-refractivity contribution in [2.75, 3.05) is 6.61 Å². The Balaban J connectivity index is 2.32. The van der Waals surface area contributed by atoms with Gasteiger partial charge in [-0.05, 0) is 43.1 Å². The third kappa shape index (κ3) is 3.33. The predicted molar refractivity (Wildman–Crippen MR) is 72.0 cm³/mol. The summed E-state index contributed by atoms with van der Waals surface area (Å²) in [7, 11) is 0. The van der Waals surface area contributed by atoms with Crippen LogP contribution in [0.2, 0.25) is 5.28 Å². The Morgan fingerprint density at radius 1 is 1.25 bits per heavy atom. The average molecular weight is 291 g/mol. The van der Waals surface area contributed by atoms with Crippen LogP contribution in [0, 0.1) is 18.3 Å². The fourth-order valence-electron chi connectivity index (χ4n) is 1.43. The highest BCUT2D eigenvalue weighted by atomic mass is 35.5. The molecule has 0 atom stereocenters. The molecule has 20 heavy (non-hydrogen) atoms. The van der Waals surface area contributed by atoms with Gasteiger partial charge in [-0.15, -0.1) is 4.98 Å². The summed E-state index contributed by atoms with van der Waals surface area (Å²) in [5, 5.41) is 8.87. The Labute approximate surface area is 121 Å². The third-order valence-corrected chi connectivity index (χ3v) is 2.53. The quantitative estimate of drug-likeness (QED) is 0.861. The maximum absolute atomic E-state index is 8.89. The third-order valence-electron chi connectivity index (χ3n) is 2.36. The molecule has 0 aliphatic rings. The molecule has 102 valence electrons. The molecule has 0 aliphatic heterocycles.